The predicted molar refractivity (Wildman–Crippen MR) is 87.4 cm³/mol. The van der Waals surface area contributed by atoms with Gasteiger partial charge in [-0.3, -0.25) is 4.79 Å². The van der Waals surface area contributed by atoms with Crippen LogP contribution >= 0.6 is 0 Å². The van der Waals surface area contributed by atoms with Gasteiger partial charge in [0.15, 0.2) is 5.03 Å². The average molecular weight is 323 g/mol. The highest BCUT2D eigenvalue weighted by Crippen LogP contribution is 2.25. The lowest BCUT2D eigenvalue weighted by molar-refractivity contribution is -0.625. The normalized spacial score (nSPS) is 10.2. The zero-order valence-corrected chi connectivity index (χ0v) is 12.5. The zero-order chi connectivity index (χ0) is 16.9. The maximum absolute atomic E-state index is 12.7. The maximum atomic E-state index is 12.7. The summed E-state index contributed by atoms with van der Waals surface area (Å²) in [5.74, 6) is -0.701. The number of carbonyl (C=O) groups excluding carboxylic acids is 1. The van der Waals surface area contributed by atoms with E-state index in [1.54, 1.807) is 30.3 Å². The van der Waals surface area contributed by atoms with Crippen LogP contribution < -0.4 is 5.43 Å². The van der Waals surface area contributed by atoms with Crippen LogP contribution in [0.15, 0.2) is 77.4 Å². The molecule has 0 bridgehead atoms. The molecule has 0 saturated carbocycles. The lowest BCUT2D eigenvalue weighted by Gasteiger charge is -2.14. The topological polar surface area (TPSA) is 88.6 Å². The Bertz CT molecular complexity index is 847. The van der Waals surface area contributed by atoms with Crippen LogP contribution in [0.1, 0.15) is 10.4 Å². The van der Waals surface area contributed by atoms with Gasteiger partial charge in [0.1, 0.15) is 0 Å². The second-order valence-corrected chi connectivity index (χ2v) is 4.86. The largest absolute Gasteiger partial charge is 0.447 e. The maximum Gasteiger partial charge on any atom is 0.339 e. The molecule has 7 nitrogen and oxygen atoms in total. The average Bonchev–Trinajstić information content (AvgIpc) is 3.13. The summed E-state index contributed by atoms with van der Waals surface area (Å²) in [5.41, 5.74) is 3.96. The van der Waals surface area contributed by atoms with E-state index in [2.05, 4.69) is 5.43 Å². The molecule has 120 valence electrons. The van der Waals surface area contributed by atoms with Crippen LogP contribution in [0.3, 0.4) is 0 Å². The number of rotatable bonds is 5. The minimum Gasteiger partial charge on any atom is -0.447 e. The van der Waals surface area contributed by atoms with Crippen molar-refractivity contribution in [3.8, 4) is 11.1 Å². The Hall–Kier alpha value is -3.61. The summed E-state index contributed by atoms with van der Waals surface area (Å²) in [6, 6.07) is 19.0. The van der Waals surface area contributed by atoms with Gasteiger partial charge in [-0.25, -0.2) is 15.5 Å². The molecule has 0 aliphatic rings. The van der Waals surface area contributed by atoms with Crippen LogP contribution in [0, 0.1) is 10.1 Å². The number of nitro groups is 1. The van der Waals surface area contributed by atoms with Gasteiger partial charge in [0.2, 0.25) is 5.88 Å². The Labute approximate surface area is 137 Å². The van der Waals surface area contributed by atoms with E-state index in [1.165, 1.54) is 12.3 Å². The van der Waals surface area contributed by atoms with E-state index >= 15 is 0 Å². The van der Waals surface area contributed by atoms with E-state index in [1.807, 2.05) is 30.3 Å². The fraction of sp³-hybridized carbons (Fsp3) is 0. The summed E-state index contributed by atoms with van der Waals surface area (Å²) >= 11 is 0. The fourth-order valence-electron chi connectivity index (χ4n) is 2.27. The number of carbonyl (C=O) groups is 1. The summed E-state index contributed by atoms with van der Waals surface area (Å²) in [5, 5.41) is 10.8. The number of furan rings is 1. The van der Waals surface area contributed by atoms with Crippen molar-refractivity contribution in [2.45, 2.75) is 0 Å². The van der Waals surface area contributed by atoms with Gasteiger partial charge in [0, 0.05) is 11.2 Å². The monoisotopic (exact) mass is 323 g/mol. The third-order valence-corrected chi connectivity index (χ3v) is 3.34. The Morgan fingerprint density at radius 3 is 2.38 bits per heavy atom. The fourth-order valence-corrected chi connectivity index (χ4v) is 2.27. The molecular formula is C17H13N3O4. The lowest BCUT2D eigenvalue weighted by atomic mass is 9.99. The molecule has 1 N–H and O–H groups in total. The molecule has 0 aliphatic carbocycles. The summed E-state index contributed by atoms with van der Waals surface area (Å²) in [6.07, 6.45) is 1.35. The molecule has 0 radical (unpaired) electrons. The number of benzene rings is 2. The lowest BCUT2D eigenvalue weighted by Crippen LogP contribution is -2.41. The number of nitrogens with zero attached hydrogens (tertiary/aromatic N) is 2. The molecule has 1 heterocycles. The van der Waals surface area contributed by atoms with Gasteiger partial charge in [0.25, 0.3) is 0 Å². The molecule has 3 rings (SSSR count). The predicted octanol–water partition coefficient (Wildman–Crippen LogP) is 3.61. The van der Waals surface area contributed by atoms with Crippen molar-refractivity contribution in [3.63, 3.8) is 0 Å². The highest BCUT2D eigenvalue weighted by atomic mass is 16.7. The van der Waals surface area contributed by atoms with Gasteiger partial charge in [-0.15, -0.1) is 0 Å². The van der Waals surface area contributed by atoms with Crippen molar-refractivity contribution in [3.05, 3.63) is 88.7 Å². The second-order valence-electron chi connectivity index (χ2n) is 4.86. The standard InChI is InChI=1S/C17H13N3O4/c21-17(19(20(22)23)18-16-11-6-12-24-16)15-10-5-4-9-14(15)13-7-2-1-3-8-13/h1-12,18H. The van der Waals surface area contributed by atoms with Crippen LogP contribution in [0.4, 0.5) is 5.88 Å². The van der Waals surface area contributed by atoms with Crippen LogP contribution in [-0.4, -0.2) is 16.1 Å². The summed E-state index contributed by atoms with van der Waals surface area (Å²) in [7, 11) is 0. The van der Waals surface area contributed by atoms with Crippen molar-refractivity contribution in [1.82, 2.24) is 5.12 Å². The molecule has 2 aromatic carbocycles. The van der Waals surface area contributed by atoms with Crippen molar-refractivity contribution in [1.29, 1.82) is 0 Å². The number of nitrogens with one attached hydrogen (secondary N) is 1. The molecule has 0 aliphatic heterocycles. The number of hydrogen-bond donors (Lipinski definition) is 1. The third-order valence-electron chi connectivity index (χ3n) is 3.34. The van der Waals surface area contributed by atoms with Crippen LogP contribution in [-0.2, 0) is 0 Å². The first kappa shape index (κ1) is 15.3. The van der Waals surface area contributed by atoms with Crippen molar-refractivity contribution in [2.24, 2.45) is 0 Å². The summed E-state index contributed by atoms with van der Waals surface area (Å²) in [4.78, 5) is 24.0. The first-order valence-electron chi connectivity index (χ1n) is 7.10. The third kappa shape index (κ3) is 3.09. The Morgan fingerprint density at radius 2 is 1.71 bits per heavy atom. The highest BCUT2D eigenvalue weighted by molar-refractivity contribution is 6.00. The highest BCUT2D eigenvalue weighted by Gasteiger charge is 2.29. The van der Waals surface area contributed by atoms with Crippen molar-refractivity contribution >= 4 is 11.8 Å². The molecule has 7 heteroatoms. The van der Waals surface area contributed by atoms with Gasteiger partial charge in [-0.1, -0.05) is 48.5 Å². The molecule has 0 spiro atoms. The van der Waals surface area contributed by atoms with Crippen molar-refractivity contribution in [2.75, 3.05) is 5.43 Å². The molecule has 0 atom stereocenters. The minimum atomic E-state index is -0.827. The van der Waals surface area contributed by atoms with Crippen molar-refractivity contribution < 1.29 is 14.2 Å². The van der Waals surface area contributed by atoms with Gasteiger partial charge in [-0.05, 0) is 23.3 Å². The van der Waals surface area contributed by atoms with Gasteiger partial charge in [0.05, 0.1) is 11.8 Å². The number of anilines is 1. The van der Waals surface area contributed by atoms with Gasteiger partial charge < -0.3 is 4.42 Å². The quantitative estimate of drug-likeness (QED) is 0.572. The molecule has 0 unspecified atom stereocenters. The second kappa shape index (κ2) is 6.66. The molecular weight excluding hydrogens is 310 g/mol. The Kier molecular flexibility index (Phi) is 4.24. The van der Waals surface area contributed by atoms with E-state index in [0.29, 0.717) is 10.7 Å². The zero-order valence-electron chi connectivity index (χ0n) is 12.5. The van der Waals surface area contributed by atoms with Crippen LogP contribution in [0.2, 0.25) is 0 Å². The van der Waals surface area contributed by atoms with Crippen LogP contribution in [0.5, 0.6) is 0 Å². The summed E-state index contributed by atoms with van der Waals surface area (Å²) < 4.78 is 5.01. The minimum absolute atomic E-state index is 0.0947. The van der Waals surface area contributed by atoms with E-state index in [9.17, 15) is 14.9 Å². The van der Waals surface area contributed by atoms with E-state index in [4.69, 9.17) is 4.42 Å². The molecule has 3 aromatic rings. The first-order chi connectivity index (χ1) is 11.7. The van der Waals surface area contributed by atoms with E-state index in [-0.39, 0.29) is 11.4 Å². The molecule has 24 heavy (non-hydrogen) atoms. The summed E-state index contributed by atoms with van der Waals surface area (Å²) in [6.45, 7) is 0. The molecule has 1 amide bonds. The van der Waals surface area contributed by atoms with E-state index in [0.717, 1.165) is 5.56 Å². The Balaban J connectivity index is 1.98. The molecule has 0 fully saturated rings. The molecule has 1 aromatic heterocycles. The first-order valence-corrected chi connectivity index (χ1v) is 7.10. The SMILES string of the molecule is O=C(c1ccccc1-c1ccccc1)N(Nc1ccco1)[N+](=O)[O-]. The molecule has 0 saturated heterocycles. The van der Waals surface area contributed by atoms with Gasteiger partial charge in [-0.2, -0.15) is 0 Å². The number of amides is 1. The number of hydrazine groups is 2. The number of hydrogen-bond acceptors (Lipinski definition) is 5. The Morgan fingerprint density at radius 1 is 1.00 bits per heavy atom. The smallest absolute Gasteiger partial charge is 0.339 e. The van der Waals surface area contributed by atoms with Gasteiger partial charge >= 0.3 is 5.91 Å². The van der Waals surface area contributed by atoms with Crippen LogP contribution in [0.25, 0.3) is 11.1 Å². The van der Waals surface area contributed by atoms with E-state index < -0.39 is 10.9 Å².